The Balaban J connectivity index is 1.95. The lowest BCUT2D eigenvalue weighted by Crippen LogP contribution is -2.18. The lowest BCUT2D eigenvalue weighted by atomic mass is 10.1. The van der Waals surface area contributed by atoms with Gasteiger partial charge in [0.15, 0.2) is 11.0 Å². The molecule has 4 heteroatoms. The fraction of sp³-hybridized carbons (Fsp3) is 0.375. The van der Waals surface area contributed by atoms with Gasteiger partial charge >= 0.3 is 0 Å². The zero-order valence-corrected chi connectivity index (χ0v) is 12.9. The molecule has 0 aliphatic heterocycles. The van der Waals surface area contributed by atoms with Crippen LogP contribution >= 0.6 is 11.6 Å². The van der Waals surface area contributed by atoms with E-state index in [-0.39, 0.29) is 0 Å². The van der Waals surface area contributed by atoms with E-state index in [4.69, 9.17) is 11.6 Å². The first kappa shape index (κ1) is 14.8. The third kappa shape index (κ3) is 3.94. The maximum absolute atomic E-state index is 6.13. The fourth-order valence-electron chi connectivity index (χ4n) is 2.00. The highest BCUT2D eigenvalue weighted by atomic mass is 35.5. The molecule has 0 spiro atoms. The SMILES string of the molecule is Cc1nc(Cl)c(NC(C)CCc2ccccc2)nc1C. The van der Waals surface area contributed by atoms with E-state index < -0.39 is 0 Å². The van der Waals surface area contributed by atoms with Crippen molar-refractivity contribution in [3.63, 3.8) is 0 Å². The van der Waals surface area contributed by atoms with Crippen molar-refractivity contribution in [2.45, 2.75) is 39.7 Å². The summed E-state index contributed by atoms with van der Waals surface area (Å²) >= 11 is 6.13. The van der Waals surface area contributed by atoms with Crippen molar-refractivity contribution in [1.82, 2.24) is 9.97 Å². The van der Waals surface area contributed by atoms with Crippen molar-refractivity contribution in [2.24, 2.45) is 0 Å². The topological polar surface area (TPSA) is 37.8 Å². The number of aryl methyl sites for hydroxylation is 3. The number of hydrogen-bond donors (Lipinski definition) is 1. The van der Waals surface area contributed by atoms with Crippen LogP contribution in [0.2, 0.25) is 5.15 Å². The lowest BCUT2D eigenvalue weighted by molar-refractivity contribution is 0.701. The monoisotopic (exact) mass is 289 g/mol. The molecule has 20 heavy (non-hydrogen) atoms. The molecule has 1 unspecified atom stereocenters. The molecule has 1 N–H and O–H groups in total. The normalized spacial score (nSPS) is 12.2. The van der Waals surface area contributed by atoms with Crippen molar-refractivity contribution < 1.29 is 0 Å². The van der Waals surface area contributed by atoms with Gasteiger partial charge < -0.3 is 5.32 Å². The van der Waals surface area contributed by atoms with E-state index in [9.17, 15) is 0 Å². The first-order valence-electron chi connectivity index (χ1n) is 6.87. The standard InChI is InChI=1S/C16H20ClN3/c1-11(9-10-14-7-5-4-6-8-14)18-16-15(17)19-12(2)13(3)20-16/h4-8,11H,9-10H2,1-3H3,(H,18,20). The molecular weight excluding hydrogens is 270 g/mol. The highest BCUT2D eigenvalue weighted by Crippen LogP contribution is 2.20. The molecule has 0 saturated carbocycles. The molecule has 0 aliphatic carbocycles. The number of anilines is 1. The fourth-order valence-corrected chi connectivity index (χ4v) is 2.22. The van der Waals surface area contributed by atoms with Crippen molar-refractivity contribution in [3.8, 4) is 0 Å². The first-order valence-corrected chi connectivity index (χ1v) is 7.25. The van der Waals surface area contributed by atoms with Crippen LogP contribution in [-0.2, 0) is 6.42 Å². The molecule has 106 valence electrons. The second kappa shape index (κ2) is 6.71. The first-order chi connectivity index (χ1) is 9.56. The summed E-state index contributed by atoms with van der Waals surface area (Å²) in [5, 5.41) is 3.79. The molecule has 2 aromatic rings. The molecule has 1 aromatic carbocycles. The highest BCUT2D eigenvalue weighted by molar-refractivity contribution is 6.31. The van der Waals surface area contributed by atoms with E-state index in [2.05, 4.69) is 46.5 Å². The van der Waals surface area contributed by atoms with E-state index in [0.717, 1.165) is 24.2 Å². The average molecular weight is 290 g/mol. The molecule has 0 amide bonds. The summed E-state index contributed by atoms with van der Waals surface area (Å²) in [6.45, 7) is 5.99. The van der Waals surface area contributed by atoms with Crippen molar-refractivity contribution in [3.05, 3.63) is 52.4 Å². The minimum absolute atomic E-state index is 0.295. The van der Waals surface area contributed by atoms with Crippen LogP contribution in [-0.4, -0.2) is 16.0 Å². The summed E-state index contributed by atoms with van der Waals surface area (Å²) < 4.78 is 0. The number of nitrogens with zero attached hydrogens (tertiary/aromatic N) is 2. The van der Waals surface area contributed by atoms with Crippen LogP contribution in [0.15, 0.2) is 30.3 Å². The van der Waals surface area contributed by atoms with E-state index in [0.29, 0.717) is 17.0 Å². The van der Waals surface area contributed by atoms with Gasteiger partial charge in [0.05, 0.1) is 11.4 Å². The van der Waals surface area contributed by atoms with E-state index in [1.54, 1.807) is 0 Å². The van der Waals surface area contributed by atoms with Crippen molar-refractivity contribution in [1.29, 1.82) is 0 Å². The Hall–Kier alpha value is -1.61. The largest absolute Gasteiger partial charge is 0.365 e. The highest BCUT2D eigenvalue weighted by Gasteiger charge is 2.10. The molecule has 0 radical (unpaired) electrons. The maximum Gasteiger partial charge on any atom is 0.171 e. The second-order valence-corrected chi connectivity index (χ2v) is 5.46. The van der Waals surface area contributed by atoms with Crippen LogP contribution in [0.25, 0.3) is 0 Å². The number of aromatic nitrogens is 2. The Bertz CT molecular complexity index is 569. The van der Waals surface area contributed by atoms with Crippen molar-refractivity contribution >= 4 is 17.4 Å². The Morgan fingerprint density at radius 1 is 1.10 bits per heavy atom. The van der Waals surface area contributed by atoms with E-state index in [1.807, 2.05) is 19.9 Å². The van der Waals surface area contributed by atoms with E-state index in [1.165, 1.54) is 5.56 Å². The molecule has 1 aromatic heterocycles. The van der Waals surface area contributed by atoms with Gasteiger partial charge in [-0.15, -0.1) is 0 Å². The zero-order valence-electron chi connectivity index (χ0n) is 12.2. The molecule has 3 nitrogen and oxygen atoms in total. The second-order valence-electron chi connectivity index (χ2n) is 5.10. The minimum atomic E-state index is 0.295. The van der Waals surface area contributed by atoms with Crippen LogP contribution in [0.1, 0.15) is 30.3 Å². The number of nitrogens with one attached hydrogen (secondary N) is 1. The minimum Gasteiger partial charge on any atom is -0.365 e. The summed E-state index contributed by atoms with van der Waals surface area (Å²) in [5.41, 5.74) is 3.13. The third-order valence-electron chi connectivity index (χ3n) is 3.36. The van der Waals surface area contributed by atoms with Crippen LogP contribution in [0.4, 0.5) is 5.82 Å². The summed E-state index contributed by atoms with van der Waals surface area (Å²) in [4.78, 5) is 8.75. The molecule has 0 fully saturated rings. The molecular formula is C16H20ClN3. The average Bonchev–Trinajstić information content (AvgIpc) is 2.44. The molecule has 2 rings (SSSR count). The van der Waals surface area contributed by atoms with Crippen LogP contribution in [0.3, 0.4) is 0 Å². The number of hydrogen-bond acceptors (Lipinski definition) is 3. The summed E-state index contributed by atoms with van der Waals surface area (Å²) in [6.07, 6.45) is 2.06. The van der Waals surface area contributed by atoms with Crippen LogP contribution in [0, 0.1) is 13.8 Å². The van der Waals surface area contributed by atoms with Crippen molar-refractivity contribution in [2.75, 3.05) is 5.32 Å². The van der Waals surface area contributed by atoms with Crippen LogP contribution < -0.4 is 5.32 Å². The number of halogens is 1. The van der Waals surface area contributed by atoms with Gasteiger partial charge in [0, 0.05) is 6.04 Å². The smallest absolute Gasteiger partial charge is 0.171 e. The van der Waals surface area contributed by atoms with Gasteiger partial charge in [0.25, 0.3) is 0 Å². The van der Waals surface area contributed by atoms with Gasteiger partial charge in [-0.1, -0.05) is 41.9 Å². The predicted octanol–water partition coefficient (Wildman–Crippen LogP) is 4.18. The summed E-state index contributed by atoms with van der Waals surface area (Å²) in [5.74, 6) is 0.676. The quantitative estimate of drug-likeness (QED) is 0.897. The summed E-state index contributed by atoms with van der Waals surface area (Å²) in [6, 6.07) is 10.8. The Morgan fingerprint density at radius 3 is 2.45 bits per heavy atom. The van der Waals surface area contributed by atoms with Gasteiger partial charge in [-0.25, -0.2) is 9.97 Å². The Labute approximate surface area is 125 Å². The van der Waals surface area contributed by atoms with Gasteiger partial charge in [-0.05, 0) is 39.2 Å². The molecule has 0 saturated heterocycles. The maximum atomic E-state index is 6.13. The predicted molar refractivity (Wildman–Crippen MR) is 84.4 cm³/mol. The van der Waals surface area contributed by atoms with Gasteiger partial charge in [0.2, 0.25) is 0 Å². The zero-order chi connectivity index (χ0) is 14.5. The Kier molecular flexibility index (Phi) is 4.96. The van der Waals surface area contributed by atoms with Gasteiger partial charge in [-0.2, -0.15) is 0 Å². The lowest BCUT2D eigenvalue weighted by Gasteiger charge is -2.16. The number of benzene rings is 1. The van der Waals surface area contributed by atoms with Gasteiger partial charge in [0.1, 0.15) is 0 Å². The number of rotatable bonds is 5. The van der Waals surface area contributed by atoms with Crippen LogP contribution in [0.5, 0.6) is 0 Å². The molecule has 1 heterocycles. The Morgan fingerprint density at radius 2 is 1.75 bits per heavy atom. The summed E-state index contributed by atoms with van der Waals surface area (Å²) in [7, 11) is 0. The molecule has 0 aliphatic rings. The molecule has 0 bridgehead atoms. The van der Waals surface area contributed by atoms with Gasteiger partial charge in [-0.3, -0.25) is 0 Å². The third-order valence-corrected chi connectivity index (χ3v) is 3.62. The van der Waals surface area contributed by atoms with E-state index >= 15 is 0 Å². The molecule has 1 atom stereocenters.